The summed E-state index contributed by atoms with van der Waals surface area (Å²) in [4.78, 5) is 37.6. The van der Waals surface area contributed by atoms with Crippen molar-refractivity contribution in [1.82, 2.24) is 4.90 Å². The number of anilines is 1. The topological polar surface area (TPSA) is 95.9 Å². The quantitative estimate of drug-likeness (QED) is 0.853. The molecule has 0 unspecified atom stereocenters. The number of benzene rings is 1. The summed E-state index contributed by atoms with van der Waals surface area (Å²) >= 11 is 0. The summed E-state index contributed by atoms with van der Waals surface area (Å²) in [6.07, 6.45) is 2.39. The molecule has 126 valence electrons. The van der Waals surface area contributed by atoms with Crippen LogP contribution in [0.25, 0.3) is 0 Å². The number of aliphatic carboxylic acids is 1. The maximum Gasteiger partial charge on any atom is 0.311 e. The zero-order valence-corrected chi connectivity index (χ0v) is 13.1. The predicted octanol–water partition coefficient (Wildman–Crippen LogP) is 1.34. The van der Waals surface area contributed by atoms with E-state index in [0.29, 0.717) is 30.0 Å². The van der Waals surface area contributed by atoms with Crippen molar-refractivity contribution in [2.24, 2.45) is 11.3 Å². The maximum absolute atomic E-state index is 12.8. The van der Waals surface area contributed by atoms with Crippen molar-refractivity contribution in [3.05, 3.63) is 23.8 Å². The zero-order chi connectivity index (χ0) is 16.9. The first-order chi connectivity index (χ1) is 11.5. The molecule has 7 heteroatoms. The number of carbonyl (C=O) groups is 3. The number of likely N-dealkylation sites (tertiary alicyclic amines) is 1. The average Bonchev–Trinajstić information content (AvgIpc) is 3.11. The van der Waals surface area contributed by atoms with Crippen molar-refractivity contribution in [1.29, 1.82) is 0 Å². The van der Waals surface area contributed by atoms with Crippen LogP contribution in [0.2, 0.25) is 0 Å². The fourth-order valence-corrected chi connectivity index (χ4v) is 4.19. The monoisotopic (exact) mass is 330 g/mol. The molecule has 1 aromatic rings. The van der Waals surface area contributed by atoms with Crippen LogP contribution in [0.3, 0.4) is 0 Å². The second kappa shape index (κ2) is 5.22. The SMILES string of the molecule is O=C1COc2ccc(C(=O)N3C[C@@H]4CCC[C@@]4(C(=O)O)C3)cc2N1. The number of carboxylic acid groups (broad SMARTS) is 1. The Morgan fingerprint density at radius 3 is 2.96 bits per heavy atom. The van der Waals surface area contributed by atoms with Gasteiger partial charge in [-0.3, -0.25) is 14.4 Å². The molecule has 2 heterocycles. The van der Waals surface area contributed by atoms with E-state index in [-0.39, 0.29) is 30.9 Å². The van der Waals surface area contributed by atoms with Crippen LogP contribution in [0.15, 0.2) is 18.2 Å². The molecule has 4 rings (SSSR count). The fourth-order valence-electron chi connectivity index (χ4n) is 4.19. The Hall–Kier alpha value is -2.57. The number of fused-ring (bicyclic) bond motifs is 2. The molecule has 1 aromatic carbocycles. The van der Waals surface area contributed by atoms with Crippen LogP contribution in [-0.2, 0) is 9.59 Å². The van der Waals surface area contributed by atoms with E-state index in [9.17, 15) is 19.5 Å². The summed E-state index contributed by atoms with van der Waals surface area (Å²) in [6.45, 7) is 0.700. The Balaban J connectivity index is 1.58. The third kappa shape index (κ3) is 2.15. The molecule has 0 spiro atoms. The Kier molecular flexibility index (Phi) is 3.26. The fraction of sp³-hybridized carbons (Fsp3) is 0.471. The molecule has 24 heavy (non-hydrogen) atoms. The summed E-state index contributed by atoms with van der Waals surface area (Å²) in [7, 11) is 0. The number of rotatable bonds is 2. The first-order valence-electron chi connectivity index (χ1n) is 8.09. The summed E-state index contributed by atoms with van der Waals surface area (Å²) in [6, 6.07) is 4.91. The van der Waals surface area contributed by atoms with E-state index >= 15 is 0 Å². The third-order valence-corrected chi connectivity index (χ3v) is 5.44. The highest BCUT2D eigenvalue weighted by molar-refractivity contribution is 6.00. The van der Waals surface area contributed by atoms with E-state index in [1.165, 1.54) is 0 Å². The molecular formula is C17H18N2O5. The van der Waals surface area contributed by atoms with Crippen molar-refractivity contribution in [2.75, 3.05) is 25.0 Å². The molecule has 0 radical (unpaired) electrons. The van der Waals surface area contributed by atoms with Crippen molar-refractivity contribution in [3.63, 3.8) is 0 Å². The van der Waals surface area contributed by atoms with E-state index in [2.05, 4.69) is 5.32 Å². The van der Waals surface area contributed by atoms with Gasteiger partial charge < -0.3 is 20.1 Å². The van der Waals surface area contributed by atoms with Gasteiger partial charge in [-0.15, -0.1) is 0 Å². The summed E-state index contributed by atoms with van der Waals surface area (Å²) in [5, 5.41) is 12.3. The zero-order valence-electron chi connectivity index (χ0n) is 13.1. The molecule has 0 bridgehead atoms. The number of nitrogens with zero attached hydrogens (tertiary/aromatic N) is 1. The van der Waals surface area contributed by atoms with Gasteiger partial charge >= 0.3 is 5.97 Å². The second-order valence-electron chi connectivity index (χ2n) is 6.78. The number of ether oxygens (including phenoxy) is 1. The van der Waals surface area contributed by atoms with Gasteiger partial charge in [-0.05, 0) is 37.0 Å². The summed E-state index contributed by atoms with van der Waals surface area (Å²) < 4.78 is 5.29. The molecule has 2 fully saturated rings. The average molecular weight is 330 g/mol. The van der Waals surface area contributed by atoms with E-state index in [4.69, 9.17) is 4.74 Å². The first-order valence-corrected chi connectivity index (χ1v) is 8.09. The van der Waals surface area contributed by atoms with Gasteiger partial charge in [0.2, 0.25) is 0 Å². The number of hydrogen-bond acceptors (Lipinski definition) is 4. The van der Waals surface area contributed by atoms with Crippen molar-refractivity contribution < 1.29 is 24.2 Å². The lowest BCUT2D eigenvalue weighted by Gasteiger charge is -2.24. The minimum atomic E-state index is -0.800. The minimum absolute atomic E-state index is 0.0274. The van der Waals surface area contributed by atoms with Crippen LogP contribution >= 0.6 is 0 Å². The van der Waals surface area contributed by atoms with Crippen LogP contribution in [0.5, 0.6) is 5.75 Å². The van der Waals surface area contributed by atoms with E-state index in [1.54, 1.807) is 23.1 Å². The maximum atomic E-state index is 12.8. The van der Waals surface area contributed by atoms with Crippen LogP contribution in [0.4, 0.5) is 5.69 Å². The van der Waals surface area contributed by atoms with Gasteiger partial charge in [0.15, 0.2) is 6.61 Å². The van der Waals surface area contributed by atoms with Crippen LogP contribution in [0, 0.1) is 11.3 Å². The van der Waals surface area contributed by atoms with Crippen LogP contribution in [0.1, 0.15) is 29.6 Å². The molecular weight excluding hydrogens is 312 g/mol. The Labute approximate surface area is 138 Å². The summed E-state index contributed by atoms with van der Waals surface area (Å²) in [5.74, 6) is -0.697. The molecule has 2 atom stereocenters. The molecule has 1 saturated carbocycles. The minimum Gasteiger partial charge on any atom is -0.482 e. The molecule has 1 aliphatic carbocycles. The standard InChI is InChI=1S/C17H18N2O5/c20-14-8-24-13-4-3-10(6-12(13)18-14)15(21)19-7-11-2-1-5-17(11,9-19)16(22)23/h3-4,6,11H,1-2,5,7-9H2,(H,18,20)(H,22,23)/t11-,17+/m0/s1. The lowest BCUT2D eigenvalue weighted by atomic mass is 9.81. The highest BCUT2D eigenvalue weighted by Gasteiger charge is 2.55. The Bertz CT molecular complexity index is 746. The first kappa shape index (κ1) is 15.0. The van der Waals surface area contributed by atoms with Gasteiger partial charge in [-0.25, -0.2) is 0 Å². The van der Waals surface area contributed by atoms with Crippen LogP contribution in [-0.4, -0.2) is 47.5 Å². The van der Waals surface area contributed by atoms with Gasteiger partial charge in [-0.1, -0.05) is 6.42 Å². The molecule has 1 saturated heterocycles. The smallest absolute Gasteiger partial charge is 0.311 e. The number of nitrogens with one attached hydrogen (secondary N) is 1. The highest BCUT2D eigenvalue weighted by Crippen LogP contribution is 2.49. The number of amides is 2. The predicted molar refractivity (Wildman–Crippen MR) is 83.9 cm³/mol. The lowest BCUT2D eigenvalue weighted by Crippen LogP contribution is -2.37. The van der Waals surface area contributed by atoms with Crippen molar-refractivity contribution in [3.8, 4) is 5.75 Å². The summed E-state index contributed by atoms with van der Waals surface area (Å²) in [5.41, 5.74) is 0.116. The lowest BCUT2D eigenvalue weighted by molar-refractivity contribution is -0.149. The molecule has 3 aliphatic rings. The molecule has 2 N–H and O–H groups in total. The number of hydrogen-bond donors (Lipinski definition) is 2. The number of carboxylic acids is 1. The van der Waals surface area contributed by atoms with Gasteiger partial charge in [-0.2, -0.15) is 0 Å². The largest absolute Gasteiger partial charge is 0.482 e. The van der Waals surface area contributed by atoms with Gasteiger partial charge in [0, 0.05) is 18.7 Å². The molecule has 2 amide bonds. The second-order valence-corrected chi connectivity index (χ2v) is 6.78. The third-order valence-electron chi connectivity index (χ3n) is 5.44. The highest BCUT2D eigenvalue weighted by atomic mass is 16.5. The van der Waals surface area contributed by atoms with Gasteiger partial charge in [0.05, 0.1) is 11.1 Å². The van der Waals surface area contributed by atoms with Gasteiger partial charge in [0.25, 0.3) is 11.8 Å². The van der Waals surface area contributed by atoms with Gasteiger partial charge in [0.1, 0.15) is 5.75 Å². The van der Waals surface area contributed by atoms with Crippen LogP contribution < -0.4 is 10.1 Å². The van der Waals surface area contributed by atoms with E-state index in [0.717, 1.165) is 12.8 Å². The molecule has 0 aromatic heterocycles. The number of carbonyl (C=O) groups excluding carboxylic acids is 2. The van der Waals surface area contributed by atoms with E-state index < -0.39 is 11.4 Å². The van der Waals surface area contributed by atoms with Crippen molar-refractivity contribution >= 4 is 23.5 Å². The molecule has 2 aliphatic heterocycles. The molecule has 7 nitrogen and oxygen atoms in total. The Morgan fingerprint density at radius 2 is 2.21 bits per heavy atom. The Morgan fingerprint density at radius 1 is 1.38 bits per heavy atom. The van der Waals surface area contributed by atoms with E-state index in [1.807, 2.05) is 0 Å². The van der Waals surface area contributed by atoms with Crippen molar-refractivity contribution in [2.45, 2.75) is 19.3 Å². The normalized spacial score (nSPS) is 27.9.